The molecule has 0 amide bonds. The van der Waals surface area contributed by atoms with E-state index in [2.05, 4.69) is 42.7 Å². The topological polar surface area (TPSA) is 21.3 Å². The van der Waals surface area contributed by atoms with Crippen molar-refractivity contribution in [2.75, 3.05) is 14.2 Å². The predicted octanol–water partition coefficient (Wildman–Crippen LogP) is 3.17. The molecule has 0 heterocycles. The summed E-state index contributed by atoms with van der Waals surface area (Å²) in [6.45, 7) is 0. The first kappa shape index (κ1) is 13.6. The average Bonchev–Trinajstić information content (AvgIpc) is 2.39. The maximum atomic E-state index is 5.72. The van der Waals surface area contributed by atoms with Gasteiger partial charge in [0, 0.05) is 13.2 Å². The first-order valence-corrected chi connectivity index (χ1v) is 7.04. The molecule has 1 aliphatic carbocycles. The van der Waals surface area contributed by atoms with Gasteiger partial charge >= 0.3 is 0 Å². The Morgan fingerprint density at radius 3 is 2.50 bits per heavy atom. The Kier molecular flexibility index (Phi) is 4.79. The zero-order valence-corrected chi connectivity index (χ0v) is 11.6. The van der Waals surface area contributed by atoms with E-state index in [9.17, 15) is 0 Å². The van der Waals surface area contributed by atoms with Crippen molar-refractivity contribution in [3.05, 3.63) is 35.9 Å². The third kappa shape index (κ3) is 3.33. The van der Waals surface area contributed by atoms with Crippen molar-refractivity contribution in [3.8, 4) is 0 Å². The van der Waals surface area contributed by atoms with Crippen LogP contribution in [-0.4, -0.2) is 25.8 Å². The number of hydrogen-bond donors (Lipinski definition) is 1. The van der Waals surface area contributed by atoms with Crippen molar-refractivity contribution in [3.63, 3.8) is 0 Å². The molecule has 100 valence electrons. The molecule has 2 nitrogen and oxygen atoms in total. The SMILES string of the molecule is CNC(CCc1ccccc1)CC1(OC)CCC1. The number of nitrogens with one attached hydrogen (secondary N) is 1. The van der Waals surface area contributed by atoms with E-state index in [1.165, 1.54) is 31.2 Å². The Balaban J connectivity index is 1.82. The molecule has 0 aliphatic heterocycles. The molecule has 1 aromatic carbocycles. The van der Waals surface area contributed by atoms with Crippen LogP contribution in [-0.2, 0) is 11.2 Å². The summed E-state index contributed by atoms with van der Waals surface area (Å²) in [4.78, 5) is 0. The van der Waals surface area contributed by atoms with Gasteiger partial charge in [-0.2, -0.15) is 0 Å². The lowest BCUT2D eigenvalue weighted by Gasteiger charge is -2.42. The molecule has 18 heavy (non-hydrogen) atoms. The standard InChI is InChI=1S/C16H25NO/c1-17-15(13-16(18-2)11-6-12-16)10-9-14-7-4-3-5-8-14/h3-5,7-8,15,17H,6,9-13H2,1-2H3. The van der Waals surface area contributed by atoms with Crippen LogP contribution in [0.4, 0.5) is 0 Å². The first-order valence-electron chi connectivity index (χ1n) is 7.04. The van der Waals surface area contributed by atoms with Gasteiger partial charge in [0.05, 0.1) is 5.60 Å². The van der Waals surface area contributed by atoms with Gasteiger partial charge in [0.1, 0.15) is 0 Å². The van der Waals surface area contributed by atoms with Gasteiger partial charge in [0.2, 0.25) is 0 Å². The lowest BCUT2D eigenvalue weighted by molar-refractivity contribution is -0.0834. The molecule has 1 aliphatic rings. The highest BCUT2D eigenvalue weighted by molar-refractivity contribution is 5.14. The van der Waals surface area contributed by atoms with E-state index in [4.69, 9.17) is 4.74 Å². The molecule has 1 aromatic rings. The number of methoxy groups -OCH3 is 1. The van der Waals surface area contributed by atoms with Gasteiger partial charge in [-0.05, 0) is 51.1 Å². The molecule has 0 bridgehead atoms. The molecule has 1 N–H and O–H groups in total. The fourth-order valence-electron chi connectivity index (χ4n) is 2.85. The summed E-state index contributed by atoms with van der Waals surface area (Å²) in [5.41, 5.74) is 1.60. The highest BCUT2D eigenvalue weighted by Gasteiger charge is 2.38. The lowest BCUT2D eigenvalue weighted by atomic mass is 9.75. The van der Waals surface area contributed by atoms with Crippen LogP contribution in [0.1, 0.15) is 37.7 Å². The number of benzene rings is 1. The summed E-state index contributed by atoms with van der Waals surface area (Å²) in [6, 6.07) is 11.3. The van der Waals surface area contributed by atoms with Crippen molar-refractivity contribution in [2.45, 2.75) is 50.2 Å². The molecule has 0 radical (unpaired) electrons. The second kappa shape index (κ2) is 6.35. The van der Waals surface area contributed by atoms with E-state index in [1.54, 1.807) is 0 Å². The fourth-order valence-corrected chi connectivity index (χ4v) is 2.85. The van der Waals surface area contributed by atoms with Crippen LogP contribution in [0.5, 0.6) is 0 Å². The number of aryl methyl sites for hydroxylation is 1. The monoisotopic (exact) mass is 247 g/mol. The normalized spacial score (nSPS) is 19.2. The van der Waals surface area contributed by atoms with Gasteiger partial charge in [0.25, 0.3) is 0 Å². The van der Waals surface area contributed by atoms with Crippen molar-refractivity contribution in [1.82, 2.24) is 5.32 Å². The van der Waals surface area contributed by atoms with Crippen LogP contribution in [0.3, 0.4) is 0 Å². The Labute approximate surface area is 111 Å². The van der Waals surface area contributed by atoms with Gasteiger partial charge in [-0.1, -0.05) is 30.3 Å². The average molecular weight is 247 g/mol. The molecule has 0 spiro atoms. The molecule has 1 atom stereocenters. The third-order valence-electron chi connectivity index (χ3n) is 4.35. The Morgan fingerprint density at radius 1 is 1.28 bits per heavy atom. The van der Waals surface area contributed by atoms with E-state index in [-0.39, 0.29) is 5.60 Å². The zero-order valence-electron chi connectivity index (χ0n) is 11.6. The summed E-state index contributed by atoms with van der Waals surface area (Å²) < 4.78 is 5.72. The van der Waals surface area contributed by atoms with Crippen molar-refractivity contribution in [2.24, 2.45) is 0 Å². The van der Waals surface area contributed by atoms with E-state index in [0.29, 0.717) is 6.04 Å². The van der Waals surface area contributed by atoms with E-state index >= 15 is 0 Å². The Hall–Kier alpha value is -0.860. The largest absolute Gasteiger partial charge is 0.378 e. The lowest BCUT2D eigenvalue weighted by Crippen LogP contribution is -2.45. The van der Waals surface area contributed by atoms with Gasteiger partial charge in [-0.15, -0.1) is 0 Å². The van der Waals surface area contributed by atoms with Crippen molar-refractivity contribution < 1.29 is 4.74 Å². The summed E-state index contributed by atoms with van der Waals surface area (Å²) in [5.74, 6) is 0. The first-order chi connectivity index (χ1) is 8.78. The second-order valence-electron chi connectivity index (χ2n) is 5.45. The van der Waals surface area contributed by atoms with Crippen LogP contribution >= 0.6 is 0 Å². The number of hydrogen-bond acceptors (Lipinski definition) is 2. The van der Waals surface area contributed by atoms with Crippen molar-refractivity contribution >= 4 is 0 Å². The highest BCUT2D eigenvalue weighted by atomic mass is 16.5. The molecule has 2 heteroatoms. The molecule has 1 saturated carbocycles. The van der Waals surface area contributed by atoms with E-state index in [1.807, 2.05) is 7.11 Å². The Bertz CT molecular complexity index is 340. The maximum absolute atomic E-state index is 5.72. The third-order valence-corrected chi connectivity index (χ3v) is 4.35. The minimum Gasteiger partial charge on any atom is -0.378 e. The molecule has 1 unspecified atom stereocenters. The number of rotatable bonds is 7. The predicted molar refractivity (Wildman–Crippen MR) is 75.8 cm³/mol. The quantitative estimate of drug-likeness (QED) is 0.799. The summed E-state index contributed by atoms with van der Waals surface area (Å²) in [6.07, 6.45) is 7.26. The van der Waals surface area contributed by atoms with Crippen LogP contribution in [0, 0.1) is 0 Å². The van der Waals surface area contributed by atoms with Gasteiger partial charge in [-0.25, -0.2) is 0 Å². The smallest absolute Gasteiger partial charge is 0.0693 e. The zero-order chi connectivity index (χ0) is 12.8. The second-order valence-corrected chi connectivity index (χ2v) is 5.45. The minimum absolute atomic E-state index is 0.171. The van der Waals surface area contributed by atoms with Gasteiger partial charge < -0.3 is 10.1 Å². The minimum atomic E-state index is 0.171. The van der Waals surface area contributed by atoms with Crippen LogP contribution < -0.4 is 5.32 Å². The molecular formula is C16H25NO. The molecule has 1 fully saturated rings. The fraction of sp³-hybridized carbons (Fsp3) is 0.625. The summed E-state index contributed by atoms with van der Waals surface area (Å²) in [5, 5.41) is 3.45. The van der Waals surface area contributed by atoms with Crippen molar-refractivity contribution in [1.29, 1.82) is 0 Å². The maximum Gasteiger partial charge on any atom is 0.0693 e. The van der Waals surface area contributed by atoms with Crippen LogP contribution in [0.15, 0.2) is 30.3 Å². The molecule has 2 rings (SSSR count). The van der Waals surface area contributed by atoms with Crippen LogP contribution in [0.25, 0.3) is 0 Å². The van der Waals surface area contributed by atoms with E-state index < -0.39 is 0 Å². The summed E-state index contributed by atoms with van der Waals surface area (Å²) in [7, 11) is 3.93. The number of ether oxygens (including phenoxy) is 1. The van der Waals surface area contributed by atoms with E-state index in [0.717, 1.165) is 12.8 Å². The van der Waals surface area contributed by atoms with Crippen LogP contribution in [0.2, 0.25) is 0 Å². The van der Waals surface area contributed by atoms with Gasteiger partial charge in [0.15, 0.2) is 0 Å². The summed E-state index contributed by atoms with van der Waals surface area (Å²) >= 11 is 0. The highest BCUT2D eigenvalue weighted by Crippen LogP contribution is 2.39. The van der Waals surface area contributed by atoms with Gasteiger partial charge in [-0.3, -0.25) is 0 Å². The molecular weight excluding hydrogens is 222 g/mol. The molecule has 0 saturated heterocycles. The molecule has 0 aromatic heterocycles. The Morgan fingerprint density at radius 2 is 2.00 bits per heavy atom.